The van der Waals surface area contributed by atoms with Gasteiger partial charge in [-0.3, -0.25) is 0 Å². The second-order valence-electron chi connectivity index (χ2n) is 8.39. The molecule has 3 aromatic rings. The molecule has 0 N–H and O–H groups in total. The second-order valence-corrected chi connectivity index (χ2v) is 8.39. The Bertz CT molecular complexity index is 864. The average Bonchev–Trinajstić information content (AvgIpc) is 3.14. The largest absolute Gasteiger partial charge is 0.351 e. The Morgan fingerprint density at radius 3 is 1.89 bits per heavy atom. The Hall–Kier alpha value is -2.74. The van der Waals surface area contributed by atoms with Gasteiger partial charge >= 0.3 is 0 Å². The van der Waals surface area contributed by atoms with Gasteiger partial charge < -0.3 is 9.80 Å². The molecule has 0 radical (unpaired) electrons. The third-order valence-corrected chi connectivity index (χ3v) is 5.46. The Morgan fingerprint density at radius 2 is 1.30 bits per heavy atom. The molecule has 0 bridgehead atoms. The Morgan fingerprint density at radius 1 is 0.704 bits per heavy atom. The molecule has 1 aliphatic heterocycles. The fourth-order valence-corrected chi connectivity index (χ4v) is 3.85. The summed E-state index contributed by atoms with van der Waals surface area (Å²) in [5, 5.41) is 0. The van der Waals surface area contributed by atoms with Gasteiger partial charge in [0, 0.05) is 17.9 Å². The summed E-state index contributed by atoms with van der Waals surface area (Å²) in [4.78, 5) is 4.99. The van der Waals surface area contributed by atoms with E-state index in [4.69, 9.17) is 0 Å². The molecule has 0 aromatic heterocycles. The number of rotatable bonds is 3. The summed E-state index contributed by atoms with van der Waals surface area (Å²) in [5.41, 5.74) is 5.50. The fraction of sp³-hybridized carbons (Fsp3) is 0.280. The summed E-state index contributed by atoms with van der Waals surface area (Å²) in [6.07, 6.45) is 0. The molecule has 1 atom stereocenters. The van der Waals surface area contributed by atoms with Crippen LogP contribution in [0.5, 0.6) is 0 Å². The number of nitrogens with zero attached hydrogens (tertiary/aromatic N) is 2. The first-order valence-electron chi connectivity index (χ1n) is 9.74. The zero-order valence-corrected chi connectivity index (χ0v) is 16.5. The third-order valence-electron chi connectivity index (χ3n) is 5.46. The van der Waals surface area contributed by atoms with Crippen LogP contribution in [0.1, 0.15) is 37.9 Å². The van der Waals surface area contributed by atoms with E-state index in [1.165, 1.54) is 22.5 Å². The van der Waals surface area contributed by atoms with E-state index in [1.54, 1.807) is 0 Å². The molecule has 0 aliphatic carbocycles. The van der Waals surface area contributed by atoms with Crippen LogP contribution in [0.25, 0.3) is 0 Å². The Balaban J connectivity index is 1.67. The van der Waals surface area contributed by atoms with E-state index in [9.17, 15) is 0 Å². The standard InChI is InChI=1S/C25H28N2/c1-25(2,3)21-14-16-23(17-15-21)27-19-26(22-12-8-5-9-13-22)18-24(27)20-10-6-4-7-11-20/h4-17,24H,18-19H2,1-3H3. The maximum absolute atomic E-state index is 2.52. The Labute approximate surface area is 163 Å². The highest BCUT2D eigenvalue weighted by Gasteiger charge is 2.32. The molecule has 1 saturated heterocycles. The van der Waals surface area contributed by atoms with Gasteiger partial charge in [0.1, 0.15) is 0 Å². The molecular formula is C25H28N2. The van der Waals surface area contributed by atoms with Gasteiger partial charge in [-0.1, -0.05) is 81.4 Å². The summed E-state index contributed by atoms with van der Waals surface area (Å²) < 4.78 is 0. The van der Waals surface area contributed by atoms with Crippen molar-refractivity contribution in [2.75, 3.05) is 23.0 Å². The van der Waals surface area contributed by atoms with Crippen LogP contribution in [0.4, 0.5) is 11.4 Å². The molecule has 2 nitrogen and oxygen atoms in total. The molecule has 0 spiro atoms. The number of hydrogen-bond acceptors (Lipinski definition) is 2. The lowest BCUT2D eigenvalue weighted by Crippen LogP contribution is -2.26. The lowest BCUT2D eigenvalue weighted by molar-refractivity contribution is 0.590. The van der Waals surface area contributed by atoms with Crippen molar-refractivity contribution in [1.29, 1.82) is 0 Å². The van der Waals surface area contributed by atoms with Crippen LogP contribution >= 0.6 is 0 Å². The first kappa shape index (κ1) is 17.7. The molecule has 2 heteroatoms. The highest BCUT2D eigenvalue weighted by atomic mass is 15.4. The molecule has 1 aliphatic rings. The van der Waals surface area contributed by atoms with E-state index in [2.05, 4.69) is 116 Å². The minimum absolute atomic E-state index is 0.179. The quantitative estimate of drug-likeness (QED) is 0.567. The molecule has 1 heterocycles. The molecule has 1 unspecified atom stereocenters. The number of benzene rings is 3. The van der Waals surface area contributed by atoms with Gasteiger partial charge in [0.25, 0.3) is 0 Å². The summed E-state index contributed by atoms with van der Waals surface area (Å²) in [6, 6.07) is 31.1. The van der Waals surface area contributed by atoms with E-state index in [1.807, 2.05) is 0 Å². The van der Waals surface area contributed by atoms with Crippen molar-refractivity contribution in [3.63, 3.8) is 0 Å². The highest BCUT2D eigenvalue weighted by Crippen LogP contribution is 2.36. The van der Waals surface area contributed by atoms with Gasteiger partial charge in [0.05, 0.1) is 12.7 Å². The van der Waals surface area contributed by atoms with Crippen molar-refractivity contribution in [3.05, 3.63) is 96.1 Å². The zero-order valence-electron chi connectivity index (χ0n) is 16.5. The topological polar surface area (TPSA) is 6.48 Å². The van der Waals surface area contributed by atoms with Crippen LogP contribution in [-0.2, 0) is 5.41 Å². The maximum atomic E-state index is 2.52. The van der Waals surface area contributed by atoms with Gasteiger partial charge in [-0.15, -0.1) is 0 Å². The predicted molar refractivity (Wildman–Crippen MR) is 115 cm³/mol. The van der Waals surface area contributed by atoms with Crippen molar-refractivity contribution in [3.8, 4) is 0 Å². The first-order valence-corrected chi connectivity index (χ1v) is 9.74. The molecule has 0 amide bonds. The number of hydrogen-bond donors (Lipinski definition) is 0. The maximum Gasteiger partial charge on any atom is 0.0910 e. The van der Waals surface area contributed by atoms with Crippen molar-refractivity contribution in [1.82, 2.24) is 0 Å². The van der Waals surface area contributed by atoms with Crippen molar-refractivity contribution >= 4 is 11.4 Å². The minimum atomic E-state index is 0.179. The van der Waals surface area contributed by atoms with E-state index < -0.39 is 0 Å². The van der Waals surface area contributed by atoms with Gasteiger partial charge in [-0.05, 0) is 40.8 Å². The lowest BCUT2D eigenvalue weighted by atomic mass is 9.87. The molecule has 4 rings (SSSR count). The van der Waals surface area contributed by atoms with Gasteiger partial charge in [-0.2, -0.15) is 0 Å². The highest BCUT2D eigenvalue weighted by molar-refractivity contribution is 5.58. The van der Waals surface area contributed by atoms with Crippen LogP contribution in [0, 0.1) is 0 Å². The lowest BCUT2D eigenvalue weighted by Gasteiger charge is -2.27. The summed E-state index contributed by atoms with van der Waals surface area (Å²) in [5.74, 6) is 0. The van der Waals surface area contributed by atoms with E-state index >= 15 is 0 Å². The molecule has 1 fully saturated rings. The smallest absolute Gasteiger partial charge is 0.0910 e. The first-order chi connectivity index (χ1) is 13.0. The van der Waals surface area contributed by atoms with Crippen molar-refractivity contribution < 1.29 is 0 Å². The van der Waals surface area contributed by atoms with Gasteiger partial charge in [0.2, 0.25) is 0 Å². The van der Waals surface area contributed by atoms with Gasteiger partial charge in [-0.25, -0.2) is 0 Å². The molecule has 3 aromatic carbocycles. The number of para-hydroxylation sites is 1. The second kappa shape index (κ2) is 7.11. The van der Waals surface area contributed by atoms with Crippen LogP contribution in [0.2, 0.25) is 0 Å². The third kappa shape index (κ3) is 3.71. The fourth-order valence-electron chi connectivity index (χ4n) is 3.85. The van der Waals surface area contributed by atoms with Crippen LogP contribution in [-0.4, -0.2) is 13.2 Å². The molecular weight excluding hydrogens is 328 g/mol. The molecule has 138 valence electrons. The SMILES string of the molecule is CC(C)(C)c1ccc(N2CN(c3ccccc3)CC2c2ccccc2)cc1. The normalized spacial score (nSPS) is 17.4. The van der Waals surface area contributed by atoms with E-state index in [0.29, 0.717) is 6.04 Å². The summed E-state index contributed by atoms with van der Waals surface area (Å²) in [6.45, 7) is 8.69. The zero-order chi connectivity index (χ0) is 18.9. The summed E-state index contributed by atoms with van der Waals surface area (Å²) in [7, 11) is 0. The van der Waals surface area contributed by atoms with Gasteiger partial charge in [0.15, 0.2) is 0 Å². The molecule has 27 heavy (non-hydrogen) atoms. The Kier molecular flexibility index (Phi) is 4.65. The predicted octanol–water partition coefficient (Wildman–Crippen LogP) is 6.01. The van der Waals surface area contributed by atoms with Crippen LogP contribution in [0.15, 0.2) is 84.9 Å². The molecule has 0 saturated carbocycles. The van der Waals surface area contributed by atoms with E-state index in [0.717, 1.165) is 13.2 Å². The average molecular weight is 357 g/mol. The van der Waals surface area contributed by atoms with Crippen LogP contribution < -0.4 is 9.80 Å². The number of anilines is 2. The monoisotopic (exact) mass is 356 g/mol. The van der Waals surface area contributed by atoms with Crippen LogP contribution in [0.3, 0.4) is 0 Å². The summed E-state index contributed by atoms with van der Waals surface area (Å²) >= 11 is 0. The minimum Gasteiger partial charge on any atom is -0.351 e. The van der Waals surface area contributed by atoms with Crippen molar-refractivity contribution in [2.45, 2.75) is 32.2 Å². The van der Waals surface area contributed by atoms with E-state index in [-0.39, 0.29) is 5.41 Å². The van der Waals surface area contributed by atoms with Crippen molar-refractivity contribution in [2.24, 2.45) is 0 Å².